The van der Waals surface area contributed by atoms with Crippen molar-refractivity contribution in [2.75, 3.05) is 0 Å². The molecule has 1 rings (SSSR count). The maximum absolute atomic E-state index is 10.8. The van der Waals surface area contributed by atoms with Crippen molar-refractivity contribution >= 4 is 11.9 Å². The Kier molecular flexibility index (Phi) is 3.79. The minimum Gasteiger partial charge on any atom is -0.480 e. The molecule has 1 amide bonds. The predicted octanol–water partition coefficient (Wildman–Crippen LogP) is 0.213. The molecule has 0 spiro atoms. The van der Waals surface area contributed by atoms with Crippen LogP contribution in [0.15, 0.2) is 24.5 Å². The van der Waals surface area contributed by atoms with Gasteiger partial charge in [-0.05, 0) is 17.7 Å². The van der Waals surface area contributed by atoms with Crippen LogP contribution in [0.25, 0.3) is 0 Å². The van der Waals surface area contributed by atoms with Crippen LogP contribution in [-0.4, -0.2) is 28.0 Å². The highest BCUT2D eigenvalue weighted by atomic mass is 16.4. The number of carbonyl (C=O) groups excluding carboxylic acids is 1. The molecule has 0 unspecified atom stereocenters. The van der Waals surface area contributed by atoms with E-state index >= 15 is 0 Å². The first-order valence-corrected chi connectivity index (χ1v) is 4.48. The number of amides is 1. The van der Waals surface area contributed by atoms with Gasteiger partial charge < -0.3 is 10.4 Å². The highest BCUT2D eigenvalue weighted by Gasteiger charge is 2.18. The van der Waals surface area contributed by atoms with Gasteiger partial charge in [0.2, 0.25) is 5.91 Å². The third-order valence-electron chi connectivity index (χ3n) is 1.86. The summed E-state index contributed by atoms with van der Waals surface area (Å²) in [6.07, 6.45) is 3.43. The van der Waals surface area contributed by atoms with Crippen LogP contribution in [0, 0.1) is 0 Å². The van der Waals surface area contributed by atoms with Crippen LogP contribution in [0.3, 0.4) is 0 Å². The van der Waals surface area contributed by atoms with Crippen molar-refractivity contribution in [3.8, 4) is 0 Å². The van der Waals surface area contributed by atoms with E-state index in [2.05, 4.69) is 10.3 Å². The van der Waals surface area contributed by atoms with Gasteiger partial charge >= 0.3 is 5.97 Å². The first kappa shape index (κ1) is 11.2. The molecule has 5 heteroatoms. The topological polar surface area (TPSA) is 79.3 Å². The van der Waals surface area contributed by atoms with E-state index in [4.69, 9.17) is 5.11 Å². The molecule has 0 radical (unpaired) electrons. The zero-order valence-electron chi connectivity index (χ0n) is 8.30. The lowest BCUT2D eigenvalue weighted by atomic mass is 10.1. The second-order valence-corrected chi connectivity index (χ2v) is 3.15. The third kappa shape index (κ3) is 3.76. The molecule has 0 aliphatic heterocycles. The van der Waals surface area contributed by atoms with E-state index < -0.39 is 12.0 Å². The summed E-state index contributed by atoms with van der Waals surface area (Å²) in [7, 11) is 0. The molecule has 0 saturated carbocycles. The standard InChI is InChI=1S/C10H12N2O3/c1-7(13)12-9(10(14)15)6-8-2-4-11-5-3-8/h2-5,9H,6H2,1H3,(H,12,13)(H,14,15)/t9-/m1/s1. The Bertz CT molecular complexity index is 351. The zero-order chi connectivity index (χ0) is 11.3. The summed E-state index contributed by atoms with van der Waals surface area (Å²) in [6, 6.07) is 2.56. The average molecular weight is 208 g/mol. The number of hydrogen-bond donors (Lipinski definition) is 2. The lowest BCUT2D eigenvalue weighted by Gasteiger charge is -2.12. The lowest BCUT2D eigenvalue weighted by molar-refractivity contribution is -0.141. The number of rotatable bonds is 4. The molecule has 0 aliphatic carbocycles. The fraction of sp³-hybridized carbons (Fsp3) is 0.300. The molecule has 1 aromatic heterocycles. The van der Waals surface area contributed by atoms with Gasteiger partial charge in [0.05, 0.1) is 0 Å². The molecular formula is C10H12N2O3. The first-order chi connectivity index (χ1) is 7.09. The van der Waals surface area contributed by atoms with Crippen LogP contribution < -0.4 is 5.32 Å². The number of carboxylic acid groups (broad SMARTS) is 1. The van der Waals surface area contributed by atoms with E-state index in [-0.39, 0.29) is 12.3 Å². The molecule has 15 heavy (non-hydrogen) atoms. The normalized spacial score (nSPS) is 11.8. The molecule has 1 aromatic rings. The SMILES string of the molecule is CC(=O)N[C@H](Cc1ccncc1)C(=O)O. The Balaban J connectivity index is 2.67. The summed E-state index contributed by atoms with van der Waals surface area (Å²) in [5.74, 6) is -1.39. The van der Waals surface area contributed by atoms with E-state index in [9.17, 15) is 9.59 Å². The summed E-state index contributed by atoms with van der Waals surface area (Å²) < 4.78 is 0. The Labute approximate surface area is 87.1 Å². The Morgan fingerprint density at radius 2 is 2.07 bits per heavy atom. The van der Waals surface area contributed by atoms with E-state index in [0.717, 1.165) is 5.56 Å². The van der Waals surface area contributed by atoms with Crippen molar-refractivity contribution in [3.63, 3.8) is 0 Å². The van der Waals surface area contributed by atoms with Crippen molar-refractivity contribution < 1.29 is 14.7 Å². The second-order valence-electron chi connectivity index (χ2n) is 3.15. The highest BCUT2D eigenvalue weighted by Crippen LogP contribution is 2.01. The maximum atomic E-state index is 10.8. The van der Waals surface area contributed by atoms with Crippen LogP contribution in [0.5, 0.6) is 0 Å². The van der Waals surface area contributed by atoms with Crippen LogP contribution in [0.2, 0.25) is 0 Å². The molecule has 80 valence electrons. The number of nitrogens with zero attached hydrogens (tertiary/aromatic N) is 1. The molecule has 5 nitrogen and oxygen atoms in total. The number of pyridine rings is 1. The monoisotopic (exact) mass is 208 g/mol. The summed E-state index contributed by atoms with van der Waals surface area (Å²) in [5, 5.41) is 11.2. The number of nitrogens with one attached hydrogen (secondary N) is 1. The van der Waals surface area contributed by atoms with Gasteiger partial charge in [0.25, 0.3) is 0 Å². The number of carboxylic acids is 1. The number of hydrogen-bond acceptors (Lipinski definition) is 3. The zero-order valence-corrected chi connectivity index (χ0v) is 8.30. The fourth-order valence-electron chi connectivity index (χ4n) is 1.20. The van der Waals surface area contributed by atoms with Gasteiger partial charge in [-0.25, -0.2) is 4.79 Å². The molecule has 2 N–H and O–H groups in total. The number of carbonyl (C=O) groups is 2. The quantitative estimate of drug-likeness (QED) is 0.741. The van der Waals surface area contributed by atoms with E-state index in [1.165, 1.54) is 6.92 Å². The summed E-state index contributed by atoms with van der Waals surface area (Å²) in [5.41, 5.74) is 0.825. The van der Waals surface area contributed by atoms with Gasteiger partial charge in [0, 0.05) is 25.7 Å². The molecule has 1 heterocycles. The Morgan fingerprint density at radius 1 is 1.47 bits per heavy atom. The highest BCUT2D eigenvalue weighted by molar-refractivity contribution is 5.82. The Morgan fingerprint density at radius 3 is 2.53 bits per heavy atom. The largest absolute Gasteiger partial charge is 0.480 e. The van der Waals surface area contributed by atoms with Crippen LogP contribution in [0.4, 0.5) is 0 Å². The molecule has 1 atom stereocenters. The summed E-state index contributed by atoms with van der Waals surface area (Å²) in [6.45, 7) is 1.29. The summed E-state index contributed by atoms with van der Waals surface area (Å²) >= 11 is 0. The van der Waals surface area contributed by atoms with E-state index in [1.54, 1.807) is 24.5 Å². The molecule has 0 aromatic carbocycles. The Hall–Kier alpha value is -1.91. The smallest absolute Gasteiger partial charge is 0.326 e. The second kappa shape index (κ2) is 5.09. The van der Waals surface area contributed by atoms with Gasteiger partial charge in [-0.2, -0.15) is 0 Å². The average Bonchev–Trinajstić information content (AvgIpc) is 2.17. The van der Waals surface area contributed by atoms with E-state index in [0.29, 0.717) is 0 Å². The lowest BCUT2D eigenvalue weighted by Crippen LogP contribution is -2.41. The maximum Gasteiger partial charge on any atom is 0.326 e. The van der Waals surface area contributed by atoms with Crippen LogP contribution >= 0.6 is 0 Å². The van der Waals surface area contributed by atoms with Crippen molar-refractivity contribution in [2.45, 2.75) is 19.4 Å². The minimum absolute atomic E-state index is 0.261. The molecule has 0 fully saturated rings. The molecule has 0 saturated heterocycles. The van der Waals surface area contributed by atoms with Gasteiger partial charge in [0.1, 0.15) is 6.04 Å². The fourth-order valence-corrected chi connectivity index (χ4v) is 1.20. The third-order valence-corrected chi connectivity index (χ3v) is 1.86. The van der Waals surface area contributed by atoms with Crippen molar-refractivity contribution in [1.82, 2.24) is 10.3 Å². The molecular weight excluding hydrogens is 196 g/mol. The van der Waals surface area contributed by atoms with Crippen molar-refractivity contribution in [1.29, 1.82) is 0 Å². The number of aromatic nitrogens is 1. The predicted molar refractivity (Wildman–Crippen MR) is 53.2 cm³/mol. The van der Waals surface area contributed by atoms with Crippen molar-refractivity contribution in [2.24, 2.45) is 0 Å². The van der Waals surface area contributed by atoms with E-state index in [1.807, 2.05) is 0 Å². The minimum atomic E-state index is -1.04. The van der Waals surface area contributed by atoms with Crippen LogP contribution in [0.1, 0.15) is 12.5 Å². The summed E-state index contributed by atoms with van der Waals surface area (Å²) in [4.78, 5) is 25.4. The number of aliphatic carboxylic acids is 1. The van der Waals surface area contributed by atoms with Crippen LogP contribution in [-0.2, 0) is 16.0 Å². The van der Waals surface area contributed by atoms with Gasteiger partial charge in [-0.15, -0.1) is 0 Å². The van der Waals surface area contributed by atoms with Gasteiger partial charge in [-0.3, -0.25) is 9.78 Å². The van der Waals surface area contributed by atoms with Gasteiger partial charge in [-0.1, -0.05) is 0 Å². The molecule has 0 bridgehead atoms. The van der Waals surface area contributed by atoms with Gasteiger partial charge in [0.15, 0.2) is 0 Å². The first-order valence-electron chi connectivity index (χ1n) is 4.48. The van der Waals surface area contributed by atoms with Crippen molar-refractivity contribution in [3.05, 3.63) is 30.1 Å². The molecule has 0 aliphatic rings.